The lowest BCUT2D eigenvalue weighted by atomic mass is 10.1. The van der Waals surface area contributed by atoms with E-state index in [1.165, 1.54) is 5.56 Å². The Balaban J connectivity index is 2.43. The number of hydrogen-bond donors (Lipinski definition) is 1. The van der Waals surface area contributed by atoms with Crippen molar-refractivity contribution < 1.29 is 4.74 Å². The van der Waals surface area contributed by atoms with E-state index in [1.807, 2.05) is 32.0 Å². The number of nitrogens with one attached hydrogen (secondary N) is 1. The van der Waals surface area contributed by atoms with Crippen LogP contribution < -0.4 is 10.1 Å². The minimum absolute atomic E-state index is 0.0689. The van der Waals surface area contributed by atoms with E-state index in [1.54, 1.807) is 7.11 Å². The van der Waals surface area contributed by atoms with Crippen LogP contribution >= 0.6 is 0 Å². The molecule has 0 aromatic heterocycles. The molecule has 1 atom stereocenters. The second-order valence-electron chi connectivity index (χ2n) is 4.41. The van der Waals surface area contributed by atoms with Gasteiger partial charge in [-0.05, 0) is 30.0 Å². The van der Waals surface area contributed by atoms with Crippen LogP contribution in [0, 0.1) is 17.2 Å². The van der Waals surface area contributed by atoms with Crippen molar-refractivity contribution in [2.24, 2.45) is 5.92 Å². The first kappa shape index (κ1) is 13.5. The van der Waals surface area contributed by atoms with E-state index in [4.69, 9.17) is 10.00 Å². The van der Waals surface area contributed by atoms with E-state index < -0.39 is 0 Å². The molecule has 0 fully saturated rings. The number of hydrogen-bond acceptors (Lipinski definition) is 3. The predicted molar refractivity (Wildman–Crippen MR) is 68.9 cm³/mol. The lowest BCUT2D eigenvalue weighted by molar-refractivity contribution is 0.414. The number of ether oxygens (including phenoxy) is 1. The van der Waals surface area contributed by atoms with Gasteiger partial charge in [0.25, 0.3) is 0 Å². The molecule has 1 N–H and O–H groups in total. The molecule has 0 spiro atoms. The average molecular weight is 232 g/mol. The molecule has 0 amide bonds. The van der Waals surface area contributed by atoms with Gasteiger partial charge in [0.1, 0.15) is 5.75 Å². The average Bonchev–Trinajstić information content (AvgIpc) is 2.34. The van der Waals surface area contributed by atoms with Crippen LogP contribution in [-0.4, -0.2) is 19.7 Å². The molecule has 0 bridgehead atoms. The van der Waals surface area contributed by atoms with E-state index in [0.717, 1.165) is 18.7 Å². The van der Waals surface area contributed by atoms with Gasteiger partial charge in [0, 0.05) is 6.54 Å². The van der Waals surface area contributed by atoms with Crippen LogP contribution in [0.3, 0.4) is 0 Å². The largest absolute Gasteiger partial charge is 0.497 e. The van der Waals surface area contributed by atoms with Crippen LogP contribution in [-0.2, 0) is 6.42 Å². The van der Waals surface area contributed by atoms with Crippen molar-refractivity contribution >= 4 is 0 Å². The van der Waals surface area contributed by atoms with Crippen LogP contribution in [0.15, 0.2) is 24.3 Å². The lowest BCUT2D eigenvalue weighted by Gasteiger charge is -2.14. The van der Waals surface area contributed by atoms with Gasteiger partial charge >= 0.3 is 0 Å². The topological polar surface area (TPSA) is 45.0 Å². The summed E-state index contributed by atoms with van der Waals surface area (Å²) in [6.45, 7) is 4.91. The first-order chi connectivity index (χ1) is 8.17. The van der Waals surface area contributed by atoms with Gasteiger partial charge in [0.15, 0.2) is 0 Å². The molecule has 3 nitrogen and oxygen atoms in total. The van der Waals surface area contributed by atoms with Crippen molar-refractivity contribution in [2.75, 3.05) is 13.7 Å². The highest BCUT2D eigenvalue weighted by Gasteiger charge is 2.10. The first-order valence-electron chi connectivity index (χ1n) is 5.93. The van der Waals surface area contributed by atoms with Crippen LogP contribution in [0.4, 0.5) is 0 Å². The van der Waals surface area contributed by atoms with E-state index in [-0.39, 0.29) is 6.04 Å². The van der Waals surface area contributed by atoms with Crippen molar-refractivity contribution in [1.82, 2.24) is 5.32 Å². The Hall–Kier alpha value is -1.53. The zero-order valence-corrected chi connectivity index (χ0v) is 10.7. The van der Waals surface area contributed by atoms with Gasteiger partial charge in [-0.1, -0.05) is 26.0 Å². The molecule has 1 rings (SSSR count). The summed E-state index contributed by atoms with van der Waals surface area (Å²) in [5.41, 5.74) is 1.22. The van der Waals surface area contributed by atoms with Gasteiger partial charge in [-0.15, -0.1) is 0 Å². The molecule has 0 aliphatic rings. The summed E-state index contributed by atoms with van der Waals surface area (Å²) in [5, 5.41) is 12.2. The van der Waals surface area contributed by atoms with E-state index in [2.05, 4.69) is 17.5 Å². The van der Waals surface area contributed by atoms with Crippen molar-refractivity contribution in [3.8, 4) is 11.8 Å². The Labute approximate surface area is 103 Å². The van der Waals surface area contributed by atoms with Gasteiger partial charge < -0.3 is 10.1 Å². The molecule has 0 aliphatic carbocycles. The van der Waals surface area contributed by atoms with E-state index >= 15 is 0 Å². The van der Waals surface area contributed by atoms with Crippen molar-refractivity contribution in [3.63, 3.8) is 0 Å². The highest BCUT2D eigenvalue weighted by molar-refractivity contribution is 5.28. The third-order valence-corrected chi connectivity index (χ3v) is 2.72. The molecule has 0 saturated heterocycles. The molecular formula is C14H20N2O. The maximum Gasteiger partial charge on any atom is 0.119 e. The summed E-state index contributed by atoms with van der Waals surface area (Å²) in [4.78, 5) is 0. The standard InChI is InChI=1S/C14H20N2O/c1-11(2)14(10-15)16-8-7-12-5-4-6-13(9-12)17-3/h4-6,9,11,14,16H,7-8H2,1-3H3. The molecular weight excluding hydrogens is 212 g/mol. The molecule has 1 aromatic rings. The SMILES string of the molecule is COc1cccc(CCNC(C#N)C(C)C)c1. The minimum atomic E-state index is -0.0689. The normalized spacial score (nSPS) is 12.2. The lowest BCUT2D eigenvalue weighted by Crippen LogP contribution is -2.33. The van der Waals surface area contributed by atoms with E-state index in [0.29, 0.717) is 5.92 Å². The Morgan fingerprint density at radius 2 is 2.18 bits per heavy atom. The van der Waals surface area contributed by atoms with Gasteiger partial charge in [-0.2, -0.15) is 5.26 Å². The van der Waals surface area contributed by atoms with Crippen LogP contribution in [0.1, 0.15) is 19.4 Å². The smallest absolute Gasteiger partial charge is 0.119 e. The number of nitrogens with zero attached hydrogens (tertiary/aromatic N) is 1. The second-order valence-corrected chi connectivity index (χ2v) is 4.41. The Morgan fingerprint density at radius 3 is 2.76 bits per heavy atom. The Morgan fingerprint density at radius 1 is 1.41 bits per heavy atom. The van der Waals surface area contributed by atoms with Crippen molar-refractivity contribution in [1.29, 1.82) is 5.26 Å². The van der Waals surface area contributed by atoms with Crippen LogP contribution in [0.25, 0.3) is 0 Å². The first-order valence-corrected chi connectivity index (χ1v) is 5.93. The molecule has 0 aliphatic heterocycles. The van der Waals surface area contributed by atoms with Gasteiger partial charge in [-0.3, -0.25) is 0 Å². The number of rotatable bonds is 6. The van der Waals surface area contributed by atoms with Gasteiger partial charge in [0.05, 0.1) is 19.2 Å². The highest BCUT2D eigenvalue weighted by Crippen LogP contribution is 2.12. The van der Waals surface area contributed by atoms with Crippen LogP contribution in [0.5, 0.6) is 5.75 Å². The molecule has 0 radical (unpaired) electrons. The quantitative estimate of drug-likeness (QED) is 0.819. The van der Waals surface area contributed by atoms with Gasteiger partial charge in [-0.25, -0.2) is 0 Å². The third kappa shape index (κ3) is 4.46. The zero-order chi connectivity index (χ0) is 12.7. The molecule has 17 heavy (non-hydrogen) atoms. The maximum atomic E-state index is 8.94. The summed E-state index contributed by atoms with van der Waals surface area (Å²) < 4.78 is 5.17. The van der Waals surface area contributed by atoms with E-state index in [9.17, 15) is 0 Å². The third-order valence-electron chi connectivity index (χ3n) is 2.72. The maximum absolute atomic E-state index is 8.94. The summed E-state index contributed by atoms with van der Waals surface area (Å²) in [6.07, 6.45) is 0.905. The Kier molecular flexibility index (Phi) is 5.51. The molecule has 1 unspecified atom stereocenters. The summed E-state index contributed by atoms with van der Waals surface area (Å²) in [6, 6.07) is 10.2. The zero-order valence-electron chi connectivity index (χ0n) is 10.7. The second kappa shape index (κ2) is 6.93. The molecule has 0 saturated carbocycles. The number of benzene rings is 1. The van der Waals surface area contributed by atoms with Crippen molar-refractivity contribution in [2.45, 2.75) is 26.3 Å². The molecule has 3 heteroatoms. The summed E-state index contributed by atoms with van der Waals surface area (Å²) >= 11 is 0. The fourth-order valence-corrected chi connectivity index (χ4v) is 1.63. The Bertz CT molecular complexity index is 382. The summed E-state index contributed by atoms with van der Waals surface area (Å²) in [5.74, 6) is 1.22. The molecule has 1 aromatic carbocycles. The monoisotopic (exact) mass is 232 g/mol. The fourth-order valence-electron chi connectivity index (χ4n) is 1.63. The highest BCUT2D eigenvalue weighted by atomic mass is 16.5. The predicted octanol–water partition coefficient (Wildman–Crippen LogP) is 2.38. The number of methoxy groups -OCH3 is 1. The van der Waals surface area contributed by atoms with Crippen LogP contribution in [0.2, 0.25) is 0 Å². The fraction of sp³-hybridized carbons (Fsp3) is 0.500. The molecule has 0 heterocycles. The van der Waals surface area contributed by atoms with Gasteiger partial charge in [0.2, 0.25) is 0 Å². The minimum Gasteiger partial charge on any atom is -0.497 e. The number of nitriles is 1. The van der Waals surface area contributed by atoms with Crippen molar-refractivity contribution in [3.05, 3.63) is 29.8 Å². The summed E-state index contributed by atoms with van der Waals surface area (Å²) in [7, 11) is 1.67. The molecule has 92 valence electrons.